The zero-order chi connectivity index (χ0) is 19.8. The normalized spacial score (nSPS) is 10.6. The molecular formula is C20H19N3O3S2. The van der Waals surface area contributed by atoms with Gasteiger partial charge in [-0.05, 0) is 11.1 Å². The minimum atomic E-state index is -0.334. The summed E-state index contributed by atoms with van der Waals surface area (Å²) in [6.45, 7) is 0. The van der Waals surface area contributed by atoms with E-state index >= 15 is 0 Å². The van der Waals surface area contributed by atoms with Crippen molar-refractivity contribution in [1.29, 1.82) is 0 Å². The first-order valence-electron chi connectivity index (χ1n) is 8.58. The van der Waals surface area contributed by atoms with Crippen LogP contribution in [0.5, 0.6) is 0 Å². The summed E-state index contributed by atoms with van der Waals surface area (Å²) in [4.78, 5) is 23.8. The van der Waals surface area contributed by atoms with Crippen molar-refractivity contribution in [3.8, 4) is 0 Å². The fourth-order valence-electron chi connectivity index (χ4n) is 2.65. The number of benzene rings is 2. The van der Waals surface area contributed by atoms with Crippen LogP contribution in [-0.4, -0.2) is 34.9 Å². The van der Waals surface area contributed by atoms with E-state index in [2.05, 4.69) is 20.3 Å². The lowest BCUT2D eigenvalue weighted by Gasteiger charge is -2.17. The number of thioether (sulfide) groups is 1. The van der Waals surface area contributed by atoms with E-state index in [-0.39, 0.29) is 30.0 Å². The molecule has 1 heterocycles. The molecule has 0 bridgehead atoms. The molecule has 1 amide bonds. The Kier molecular flexibility index (Phi) is 7.16. The molecule has 28 heavy (non-hydrogen) atoms. The van der Waals surface area contributed by atoms with Crippen molar-refractivity contribution in [3.05, 3.63) is 71.8 Å². The van der Waals surface area contributed by atoms with Gasteiger partial charge in [-0.25, -0.2) is 0 Å². The first-order chi connectivity index (χ1) is 13.7. The second-order valence-electron chi connectivity index (χ2n) is 5.86. The van der Waals surface area contributed by atoms with Gasteiger partial charge in [0.1, 0.15) is 0 Å². The highest BCUT2D eigenvalue weighted by Gasteiger charge is 2.19. The van der Waals surface area contributed by atoms with E-state index in [9.17, 15) is 9.59 Å². The number of aromatic nitrogens is 2. The molecular weight excluding hydrogens is 394 g/mol. The van der Waals surface area contributed by atoms with Crippen LogP contribution in [0.1, 0.15) is 23.5 Å². The van der Waals surface area contributed by atoms with Crippen LogP contribution < -0.4 is 5.32 Å². The summed E-state index contributed by atoms with van der Waals surface area (Å²) in [6.07, 6.45) is 0.290. The van der Waals surface area contributed by atoms with Gasteiger partial charge in [0.25, 0.3) is 0 Å². The largest absolute Gasteiger partial charge is 0.468 e. The summed E-state index contributed by atoms with van der Waals surface area (Å²) in [5, 5.41) is 11.2. The number of amides is 1. The van der Waals surface area contributed by atoms with Crippen molar-refractivity contribution in [2.75, 3.05) is 18.2 Å². The van der Waals surface area contributed by atoms with Gasteiger partial charge >= 0.3 is 5.97 Å². The number of anilines is 1. The van der Waals surface area contributed by atoms with Crippen LogP contribution in [0.15, 0.2) is 65.0 Å². The Labute approximate surface area is 171 Å². The topological polar surface area (TPSA) is 81.2 Å². The minimum Gasteiger partial charge on any atom is -0.468 e. The Morgan fingerprint density at radius 2 is 1.64 bits per heavy atom. The molecule has 1 N–H and O–H groups in total. The molecule has 1 aromatic heterocycles. The predicted molar refractivity (Wildman–Crippen MR) is 111 cm³/mol. The zero-order valence-corrected chi connectivity index (χ0v) is 16.8. The monoisotopic (exact) mass is 413 g/mol. The molecule has 0 fully saturated rings. The highest BCUT2D eigenvalue weighted by atomic mass is 32.2. The SMILES string of the molecule is COC(=O)CSc1nnc(NC(=O)CC(c2ccccc2)c2ccccc2)s1. The van der Waals surface area contributed by atoms with Gasteiger partial charge in [-0.15, -0.1) is 10.2 Å². The van der Waals surface area contributed by atoms with Crippen LogP contribution in [0.25, 0.3) is 0 Å². The van der Waals surface area contributed by atoms with Crippen LogP contribution in [0.4, 0.5) is 5.13 Å². The second kappa shape index (κ2) is 10.0. The quantitative estimate of drug-likeness (QED) is 0.342. The fourth-order valence-corrected chi connectivity index (χ4v) is 4.25. The zero-order valence-electron chi connectivity index (χ0n) is 15.2. The standard InChI is InChI=1S/C20H19N3O3S2/c1-26-18(25)13-27-20-23-22-19(28-20)21-17(24)12-16(14-8-4-2-5-9-14)15-10-6-3-7-11-15/h2-11,16H,12-13H2,1H3,(H,21,22,24). The van der Waals surface area contributed by atoms with Crippen LogP contribution in [-0.2, 0) is 14.3 Å². The van der Waals surface area contributed by atoms with Gasteiger partial charge in [-0.3, -0.25) is 9.59 Å². The van der Waals surface area contributed by atoms with E-state index in [0.29, 0.717) is 9.47 Å². The second-order valence-corrected chi connectivity index (χ2v) is 8.06. The third kappa shape index (κ3) is 5.64. The lowest BCUT2D eigenvalue weighted by Crippen LogP contribution is -2.16. The molecule has 3 aromatic rings. The number of carbonyl (C=O) groups is 2. The Morgan fingerprint density at radius 3 is 2.21 bits per heavy atom. The molecule has 0 atom stereocenters. The van der Waals surface area contributed by atoms with Gasteiger partial charge in [0.2, 0.25) is 11.0 Å². The Balaban J connectivity index is 1.66. The van der Waals surface area contributed by atoms with Crippen molar-refractivity contribution >= 4 is 40.1 Å². The average Bonchev–Trinajstić information content (AvgIpc) is 3.18. The van der Waals surface area contributed by atoms with E-state index in [1.165, 1.54) is 30.2 Å². The lowest BCUT2D eigenvalue weighted by molar-refractivity contribution is -0.137. The first kappa shape index (κ1) is 20.0. The summed E-state index contributed by atoms with van der Waals surface area (Å²) in [6, 6.07) is 19.9. The highest BCUT2D eigenvalue weighted by Crippen LogP contribution is 2.29. The number of rotatable bonds is 8. The predicted octanol–water partition coefficient (Wildman–Crippen LogP) is 3.96. The molecule has 0 spiro atoms. The van der Waals surface area contributed by atoms with E-state index < -0.39 is 0 Å². The fraction of sp³-hybridized carbons (Fsp3) is 0.200. The average molecular weight is 414 g/mol. The van der Waals surface area contributed by atoms with Crippen molar-refractivity contribution in [2.45, 2.75) is 16.7 Å². The number of nitrogens with one attached hydrogen (secondary N) is 1. The van der Waals surface area contributed by atoms with E-state index in [0.717, 1.165) is 11.1 Å². The van der Waals surface area contributed by atoms with Crippen molar-refractivity contribution < 1.29 is 14.3 Å². The number of hydrogen-bond donors (Lipinski definition) is 1. The number of esters is 1. The Hall–Kier alpha value is -2.71. The Bertz CT molecular complexity index is 877. The maximum Gasteiger partial charge on any atom is 0.316 e. The molecule has 8 heteroatoms. The molecule has 6 nitrogen and oxygen atoms in total. The number of ether oxygens (including phenoxy) is 1. The smallest absolute Gasteiger partial charge is 0.316 e. The lowest BCUT2D eigenvalue weighted by atomic mass is 9.88. The molecule has 2 aromatic carbocycles. The van der Waals surface area contributed by atoms with Gasteiger partial charge in [0.15, 0.2) is 4.34 Å². The van der Waals surface area contributed by atoms with Crippen LogP contribution >= 0.6 is 23.1 Å². The van der Waals surface area contributed by atoms with Crippen LogP contribution in [0.2, 0.25) is 0 Å². The van der Waals surface area contributed by atoms with Crippen LogP contribution in [0, 0.1) is 0 Å². The summed E-state index contributed by atoms with van der Waals surface area (Å²) in [5.41, 5.74) is 2.16. The molecule has 144 valence electrons. The van der Waals surface area contributed by atoms with Gasteiger partial charge in [-0.1, -0.05) is 83.8 Å². The van der Waals surface area contributed by atoms with Gasteiger partial charge in [0, 0.05) is 12.3 Å². The summed E-state index contributed by atoms with van der Waals surface area (Å²) >= 11 is 2.46. The highest BCUT2D eigenvalue weighted by molar-refractivity contribution is 8.01. The summed E-state index contributed by atoms with van der Waals surface area (Å²) < 4.78 is 5.20. The van der Waals surface area contributed by atoms with Crippen molar-refractivity contribution in [2.24, 2.45) is 0 Å². The van der Waals surface area contributed by atoms with Crippen molar-refractivity contribution in [1.82, 2.24) is 10.2 Å². The Morgan fingerprint density at radius 1 is 1.04 bits per heavy atom. The van der Waals surface area contributed by atoms with Gasteiger partial charge in [0.05, 0.1) is 12.9 Å². The van der Waals surface area contributed by atoms with E-state index in [4.69, 9.17) is 0 Å². The van der Waals surface area contributed by atoms with Crippen LogP contribution in [0.3, 0.4) is 0 Å². The molecule has 0 saturated heterocycles. The van der Waals surface area contributed by atoms with Gasteiger partial charge < -0.3 is 10.1 Å². The number of methoxy groups -OCH3 is 1. The van der Waals surface area contributed by atoms with Crippen molar-refractivity contribution in [3.63, 3.8) is 0 Å². The molecule has 0 aliphatic heterocycles. The number of hydrogen-bond acceptors (Lipinski definition) is 7. The maximum absolute atomic E-state index is 12.6. The van der Waals surface area contributed by atoms with E-state index in [1.54, 1.807) is 0 Å². The minimum absolute atomic E-state index is 0.0523. The molecule has 0 aliphatic rings. The summed E-state index contributed by atoms with van der Waals surface area (Å²) in [5.74, 6) is -0.371. The first-order valence-corrected chi connectivity index (χ1v) is 10.4. The maximum atomic E-state index is 12.6. The molecule has 3 rings (SSSR count). The third-order valence-electron chi connectivity index (χ3n) is 3.99. The van der Waals surface area contributed by atoms with Gasteiger partial charge in [-0.2, -0.15) is 0 Å². The number of nitrogens with zero attached hydrogens (tertiary/aromatic N) is 2. The van der Waals surface area contributed by atoms with E-state index in [1.807, 2.05) is 60.7 Å². The third-order valence-corrected chi connectivity index (χ3v) is 5.93. The molecule has 0 aliphatic carbocycles. The molecule has 0 saturated carbocycles. The summed E-state index contributed by atoms with van der Waals surface area (Å²) in [7, 11) is 1.34. The molecule has 0 unspecified atom stereocenters. The number of carbonyl (C=O) groups excluding carboxylic acids is 2. The molecule has 0 radical (unpaired) electrons.